The molecule has 2 aromatic rings. The Labute approximate surface area is 125 Å². The van der Waals surface area contributed by atoms with Gasteiger partial charge in [0, 0.05) is 5.56 Å². The minimum atomic E-state index is -0.154. The molecule has 1 aliphatic carbocycles. The zero-order valence-corrected chi connectivity index (χ0v) is 12.4. The molecule has 21 heavy (non-hydrogen) atoms. The first-order valence-corrected chi connectivity index (χ1v) is 7.39. The van der Waals surface area contributed by atoms with E-state index in [4.69, 9.17) is 0 Å². The molecule has 0 bridgehead atoms. The molecule has 0 heterocycles. The fraction of sp³-hybridized carbons (Fsp3) is 0.200. The van der Waals surface area contributed by atoms with Crippen LogP contribution in [0.3, 0.4) is 0 Å². The van der Waals surface area contributed by atoms with Crippen molar-refractivity contribution < 1.29 is 4.39 Å². The van der Waals surface area contributed by atoms with Crippen LogP contribution in [0.15, 0.2) is 60.7 Å². The Morgan fingerprint density at radius 2 is 1.71 bits per heavy atom. The van der Waals surface area contributed by atoms with Crippen LogP contribution in [0, 0.1) is 18.7 Å². The summed E-state index contributed by atoms with van der Waals surface area (Å²) in [5, 5.41) is 0. The maximum atomic E-state index is 14.4. The number of halogens is 1. The molecule has 106 valence electrons. The molecular weight excluding hydrogens is 259 g/mol. The second-order valence-electron chi connectivity index (χ2n) is 5.79. The zero-order chi connectivity index (χ0) is 14.8. The summed E-state index contributed by atoms with van der Waals surface area (Å²) in [6.07, 6.45) is 7.26. The van der Waals surface area contributed by atoms with Crippen molar-refractivity contribution in [3.63, 3.8) is 0 Å². The monoisotopic (exact) mass is 278 g/mol. The molecule has 1 atom stereocenters. The quantitative estimate of drug-likeness (QED) is 0.653. The first-order chi connectivity index (χ1) is 10.1. The van der Waals surface area contributed by atoms with E-state index < -0.39 is 0 Å². The number of benzene rings is 2. The lowest BCUT2D eigenvalue weighted by atomic mass is 9.93. The Hall–Kier alpha value is -2.15. The SMILES string of the molecule is Cc1ccc(-c2ccc(C3=CCC(C)C=C3)c(F)c2)cc1. The first-order valence-electron chi connectivity index (χ1n) is 7.39. The third-order valence-electron chi connectivity index (χ3n) is 3.98. The number of aryl methyl sites for hydroxylation is 1. The van der Waals surface area contributed by atoms with Crippen LogP contribution in [0.1, 0.15) is 24.5 Å². The molecule has 0 aliphatic heterocycles. The van der Waals surface area contributed by atoms with Gasteiger partial charge < -0.3 is 0 Å². The molecule has 0 N–H and O–H groups in total. The number of hydrogen-bond donors (Lipinski definition) is 0. The summed E-state index contributed by atoms with van der Waals surface area (Å²) in [6, 6.07) is 13.7. The second-order valence-corrected chi connectivity index (χ2v) is 5.79. The van der Waals surface area contributed by atoms with Crippen LogP contribution < -0.4 is 0 Å². The molecule has 0 spiro atoms. The molecule has 1 heteroatoms. The molecule has 0 aromatic heterocycles. The highest BCUT2D eigenvalue weighted by molar-refractivity contribution is 5.77. The summed E-state index contributed by atoms with van der Waals surface area (Å²) in [6.45, 7) is 4.22. The Morgan fingerprint density at radius 1 is 1.00 bits per heavy atom. The average molecular weight is 278 g/mol. The van der Waals surface area contributed by atoms with Crippen molar-refractivity contribution in [2.45, 2.75) is 20.3 Å². The van der Waals surface area contributed by atoms with Crippen LogP contribution >= 0.6 is 0 Å². The largest absolute Gasteiger partial charge is 0.206 e. The van der Waals surface area contributed by atoms with Crippen LogP contribution in [0.2, 0.25) is 0 Å². The van der Waals surface area contributed by atoms with Gasteiger partial charge in [-0.05, 0) is 42.0 Å². The maximum absolute atomic E-state index is 14.4. The van der Waals surface area contributed by atoms with Gasteiger partial charge in [0.1, 0.15) is 5.82 Å². The number of rotatable bonds is 2. The summed E-state index contributed by atoms with van der Waals surface area (Å²) in [5.41, 5.74) is 4.86. The standard InChI is InChI=1S/C20H19F/c1-14-3-7-16(8-4-14)18-11-12-19(20(21)13-18)17-9-5-15(2)6-10-17/h3-5,7-13,15H,6H2,1-2H3. The molecule has 1 aliphatic rings. The van der Waals surface area contributed by atoms with Crippen molar-refractivity contribution in [1.82, 2.24) is 0 Å². The third-order valence-corrected chi connectivity index (χ3v) is 3.98. The molecule has 0 saturated carbocycles. The van der Waals surface area contributed by atoms with Crippen LogP contribution in [0.5, 0.6) is 0 Å². The molecule has 0 nitrogen and oxygen atoms in total. The molecule has 0 radical (unpaired) electrons. The summed E-state index contributed by atoms with van der Waals surface area (Å²) >= 11 is 0. The van der Waals surface area contributed by atoms with Crippen molar-refractivity contribution in [3.05, 3.63) is 77.6 Å². The van der Waals surface area contributed by atoms with Crippen molar-refractivity contribution in [2.75, 3.05) is 0 Å². The Bertz CT molecular complexity index is 705. The van der Waals surface area contributed by atoms with E-state index >= 15 is 0 Å². The predicted molar refractivity (Wildman–Crippen MR) is 87.5 cm³/mol. The van der Waals surface area contributed by atoms with E-state index in [2.05, 4.69) is 38.1 Å². The van der Waals surface area contributed by atoms with Gasteiger partial charge >= 0.3 is 0 Å². The van der Waals surface area contributed by atoms with Gasteiger partial charge in [-0.25, -0.2) is 4.39 Å². The average Bonchev–Trinajstić information content (AvgIpc) is 2.49. The van der Waals surface area contributed by atoms with Gasteiger partial charge in [0.15, 0.2) is 0 Å². The normalized spacial score (nSPS) is 17.7. The maximum Gasteiger partial charge on any atom is 0.131 e. The van der Waals surface area contributed by atoms with Gasteiger partial charge in [-0.3, -0.25) is 0 Å². The molecule has 0 amide bonds. The van der Waals surface area contributed by atoms with E-state index in [0.29, 0.717) is 11.5 Å². The van der Waals surface area contributed by atoms with Crippen molar-refractivity contribution in [3.8, 4) is 11.1 Å². The van der Waals surface area contributed by atoms with E-state index in [1.807, 2.05) is 30.3 Å². The van der Waals surface area contributed by atoms with E-state index in [9.17, 15) is 4.39 Å². The van der Waals surface area contributed by atoms with Gasteiger partial charge in [-0.2, -0.15) is 0 Å². The number of allylic oxidation sites excluding steroid dienone is 4. The highest BCUT2D eigenvalue weighted by Gasteiger charge is 2.11. The van der Waals surface area contributed by atoms with Crippen LogP contribution in [-0.2, 0) is 0 Å². The van der Waals surface area contributed by atoms with E-state index in [1.165, 1.54) is 5.56 Å². The Kier molecular flexibility index (Phi) is 3.74. The van der Waals surface area contributed by atoms with Gasteiger partial charge in [-0.1, -0.05) is 67.1 Å². The molecular formula is C20H19F. The number of hydrogen-bond acceptors (Lipinski definition) is 0. The van der Waals surface area contributed by atoms with E-state index in [-0.39, 0.29) is 5.82 Å². The highest BCUT2D eigenvalue weighted by Crippen LogP contribution is 2.29. The molecule has 2 aromatic carbocycles. The van der Waals surface area contributed by atoms with E-state index in [0.717, 1.165) is 23.1 Å². The smallest absolute Gasteiger partial charge is 0.131 e. The molecule has 0 saturated heterocycles. The Balaban J connectivity index is 1.93. The minimum absolute atomic E-state index is 0.154. The second kappa shape index (κ2) is 5.69. The van der Waals surface area contributed by atoms with Gasteiger partial charge in [0.25, 0.3) is 0 Å². The first kappa shape index (κ1) is 13.8. The van der Waals surface area contributed by atoms with Crippen LogP contribution in [0.25, 0.3) is 16.7 Å². The lowest BCUT2D eigenvalue weighted by Crippen LogP contribution is -1.96. The Morgan fingerprint density at radius 3 is 2.33 bits per heavy atom. The van der Waals surface area contributed by atoms with Crippen molar-refractivity contribution in [2.24, 2.45) is 5.92 Å². The van der Waals surface area contributed by atoms with Gasteiger partial charge in [0.2, 0.25) is 0 Å². The summed E-state index contributed by atoms with van der Waals surface area (Å²) < 4.78 is 14.4. The van der Waals surface area contributed by atoms with E-state index in [1.54, 1.807) is 6.07 Å². The van der Waals surface area contributed by atoms with Crippen LogP contribution in [0.4, 0.5) is 4.39 Å². The lowest BCUT2D eigenvalue weighted by molar-refractivity contribution is 0.624. The lowest BCUT2D eigenvalue weighted by Gasteiger charge is -2.13. The fourth-order valence-corrected chi connectivity index (χ4v) is 2.60. The van der Waals surface area contributed by atoms with Gasteiger partial charge in [-0.15, -0.1) is 0 Å². The molecule has 1 unspecified atom stereocenters. The van der Waals surface area contributed by atoms with Crippen molar-refractivity contribution >= 4 is 5.57 Å². The third kappa shape index (κ3) is 2.97. The molecule has 3 rings (SSSR count). The highest BCUT2D eigenvalue weighted by atomic mass is 19.1. The van der Waals surface area contributed by atoms with Crippen LogP contribution in [-0.4, -0.2) is 0 Å². The topological polar surface area (TPSA) is 0 Å². The summed E-state index contributed by atoms with van der Waals surface area (Å²) in [5.74, 6) is 0.391. The predicted octanol–water partition coefficient (Wildman–Crippen LogP) is 5.78. The minimum Gasteiger partial charge on any atom is -0.206 e. The summed E-state index contributed by atoms with van der Waals surface area (Å²) in [4.78, 5) is 0. The van der Waals surface area contributed by atoms with Crippen molar-refractivity contribution in [1.29, 1.82) is 0 Å². The fourth-order valence-electron chi connectivity index (χ4n) is 2.60. The van der Waals surface area contributed by atoms with Gasteiger partial charge in [0.05, 0.1) is 0 Å². The zero-order valence-electron chi connectivity index (χ0n) is 12.4. The summed E-state index contributed by atoms with van der Waals surface area (Å²) in [7, 11) is 0. The molecule has 0 fully saturated rings.